The lowest BCUT2D eigenvalue weighted by molar-refractivity contribution is -0.140. The van der Waals surface area contributed by atoms with E-state index < -0.39 is 17.7 Å². The van der Waals surface area contributed by atoms with Crippen LogP contribution in [0.5, 0.6) is 11.5 Å². The van der Waals surface area contributed by atoms with E-state index in [1.54, 1.807) is 37.3 Å². The third-order valence-electron chi connectivity index (χ3n) is 6.36. The van der Waals surface area contributed by atoms with Crippen molar-refractivity contribution in [3.8, 4) is 11.5 Å². The summed E-state index contributed by atoms with van der Waals surface area (Å²) in [5, 5.41) is 11.2. The lowest BCUT2D eigenvalue weighted by Gasteiger charge is -2.28. The van der Waals surface area contributed by atoms with E-state index in [1.807, 2.05) is 0 Å². The number of benzene rings is 1. The van der Waals surface area contributed by atoms with E-state index in [4.69, 9.17) is 18.6 Å². The Morgan fingerprint density at radius 1 is 1.00 bits per heavy atom. The predicted molar refractivity (Wildman–Crippen MR) is 122 cm³/mol. The molecule has 0 aliphatic carbocycles. The van der Waals surface area contributed by atoms with E-state index in [-0.39, 0.29) is 11.3 Å². The van der Waals surface area contributed by atoms with Gasteiger partial charge in [0.25, 0.3) is 11.7 Å². The quantitative estimate of drug-likeness (QED) is 0.392. The second kappa shape index (κ2) is 9.52. The molecule has 1 N–H and O–H groups in total. The highest BCUT2D eigenvalue weighted by atomic mass is 16.6. The van der Waals surface area contributed by atoms with Gasteiger partial charge in [0, 0.05) is 31.7 Å². The van der Waals surface area contributed by atoms with Gasteiger partial charge in [0.15, 0.2) is 11.5 Å². The number of aryl methyl sites for hydroxylation is 1. The number of aliphatic hydroxyl groups excluding tert-OH is 1. The molecule has 2 aromatic rings. The van der Waals surface area contributed by atoms with Crippen LogP contribution < -0.4 is 9.47 Å². The number of nitrogens with zero attached hydrogens (tertiary/aromatic N) is 2. The van der Waals surface area contributed by atoms with Gasteiger partial charge in [-0.25, -0.2) is 0 Å². The van der Waals surface area contributed by atoms with Crippen LogP contribution in [0.4, 0.5) is 0 Å². The van der Waals surface area contributed by atoms with E-state index in [0.29, 0.717) is 68.0 Å². The van der Waals surface area contributed by atoms with Gasteiger partial charge >= 0.3 is 0 Å². The molecule has 1 aromatic heterocycles. The van der Waals surface area contributed by atoms with Crippen molar-refractivity contribution in [1.82, 2.24) is 9.80 Å². The lowest BCUT2D eigenvalue weighted by atomic mass is 9.99. The monoisotopic (exact) mass is 468 g/mol. The Labute approximate surface area is 197 Å². The number of hydrogen-bond donors (Lipinski definition) is 1. The number of hydrogen-bond acceptors (Lipinski definition) is 8. The van der Waals surface area contributed by atoms with Crippen LogP contribution in [-0.2, 0) is 14.3 Å². The number of carbonyl (C=O) groups is 2. The van der Waals surface area contributed by atoms with E-state index >= 15 is 0 Å². The number of Topliss-reactive ketones (excluding diaryl/α,β-unsaturated/α-hetero) is 1. The minimum atomic E-state index is -0.799. The Bertz CT molecular complexity index is 1120. The molecule has 34 heavy (non-hydrogen) atoms. The molecule has 9 heteroatoms. The van der Waals surface area contributed by atoms with Crippen LogP contribution in [-0.4, -0.2) is 79.2 Å². The van der Waals surface area contributed by atoms with Crippen molar-refractivity contribution >= 4 is 17.4 Å². The van der Waals surface area contributed by atoms with Crippen molar-refractivity contribution in [2.24, 2.45) is 0 Å². The first-order valence-corrected chi connectivity index (χ1v) is 11.6. The number of amides is 1. The molecule has 180 valence electrons. The van der Waals surface area contributed by atoms with Gasteiger partial charge < -0.3 is 28.6 Å². The molecular weight excluding hydrogens is 440 g/mol. The Morgan fingerprint density at radius 2 is 1.76 bits per heavy atom. The zero-order chi connectivity index (χ0) is 23.7. The van der Waals surface area contributed by atoms with Crippen LogP contribution in [0.3, 0.4) is 0 Å². The summed E-state index contributed by atoms with van der Waals surface area (Å²) in [5.41, 5.74) is 0.395. The highest BCUT2D eigenvalue weighted by Crippen LogP contribution is 2.41. The maximum atomic E-state index is 13.1. The minimum absolute atomic E-state index is 0.0161. The number of furan rings is 1. The number of ketones is 1. The van der Waals surface area contributed by atoms with Gasteiger partial charge in [-0.1, -0.05) is 0 Å². The van der Waals surface area contributed by atoms with Crippen molar-refractivity contribution < 1.29 is 33.3 Å². The Kier molecular flexibility index (Phi) is 6.30. The molecule has 1 aromatic carbocycles. The summed E-state index contributed by atoms with van der Waals surface area (Å²) < 4.78 is 22.4. The van der Waals surface area contributed by atoms with Crippen LogP contribution in [0.25, 0.3) is 5.76 Å². The molecule has 0 spiro atoms. The van der Waals surface area contributed by atoms with Crippen LogP contribution in [0.1, 0.15) is 29.5 Å². The van der Waals surface area contributed by atoms with E-state index in [2.05, 4.69) is 4.90 Å². The van der Waals surface area contributed by atoms with Crippen LogP contribution in [0.2, 0.25) is 0 Å². The number of ether oxygens (including phenoxy) is 3. The Hall–Kier alpha value is -3.30. The molecular formula is C25H28N2O7. The summed E-state index contributed by atoms with van der Waals surface area (Å²) in [6.45, 7) is 6.91. The molecule has 3 aliphatic heterocycles. The summed E-state index contributed by atoms with van der Waals surface area (Å²) in [7, 11) is 0. The topological polar surface area (TPSA) is 102 Å². The van der Waals surface area contributed by atoms with Crippen molar-refractivity contribution in [1.29, 1.82) is 0 Å². The summed E-state index contributed by atoms with van der Waals surface area (Å²) in [6.07, 6.45) is 0.688. The maximum absolute atomic E-state index is 13.1. The molecule has 0 unspecified atom stereocenters. The molecule has 0 radical (unpaired) electrons. The fraction of sp³-hybridized carbons (Fsp3) is 0.440. The molecule has 0 saturated carbocycles. The number of likely N-dealkylation sites (tertiary alicyclic amines) is 1. The number of rotatable bonds is 6. The molecule has 1 amide bonds. The molecule has 0 bridgehead atoms. The average molecular weight is 469 g/mol. The zero-order valence-electron chi connectivity index (χ0n) is 19.1. The summed E-state index contributed by atoms with van der Waals surface area (Å²) in [6, 6.07) is 7.70. The third-order valence-corrected chi connectivity index (χ3v) is 6.36. The molecule has 2 fully saturated rings. The standard InChI is InChI=1S/C25H28N2O7/c1-16-3-5-19(34-16)22-21(23(28)17-4-6-18-20(15-17)33-14-13-32-18)24(29)25(30)27(22)8-2-7-26-9-11-31-12-10-26/h3-6,15,22,28H,2,7-14H2,1H3/b23-21+/t22-/m0/s1. The second-order valence-corrected chi connectivity index (χ2v) is 8.61. The van der Waals surface area contributed by atoms with E-state index in [0.717, 1.165) is 19.6 Å². The van der Waals surface area contributed by atoms with Crippen LogP contribution in [0, 0.1) is 6.92 Å². The van der Waals surface area contributed by atoms with Crippen molar-refractivity contribution in [3.05, 3.63) is 53.0 Å². The highest BCUT2D eigenvalue weighted by molar-refractivity contribution is 6.46. The van der Waals surface area contributed by atoms with Gasteiger partial charge in [0.05, 0.1) is 18.8 Å². The lowest BCUT2D eigenvalue weighted by Crippen LogP contribution is -2.38. The van der Waals surface area contributed by atoms with Crippen molar-refractivity contribution in [3.63, 3.8) is 0 Å². The molecule has 3 aliphatic rings. The number of carbonyl (C=O) groups excluding carboxylic acids is 2. The highest BCUT2D eigenvalue weighted by Gasteiger charge is 2.47. The van der Waals surface area contributed by atoms with Crippen molar-refractivity contribution in [2.45, 2.75) is 19.4 Å². The van der Waals surface area contributed by atoms with E-state index in [9.17, 15) is 14.7 Å². The number of fused-ring (bicyclic) bond motifs is 1. The molecule has 4 heterocycles. The average Bonchev–Trinajstić information content (AvgIpc) is 3.40. The molecule has 2 saturated heterocycles. The second-order valence-electron chi connectivity index (χ2n) is 8.61. The van der Waals surface area contributed by atoms with Crippen LogP contribution >= 0.6 is 0 Å². The third kappa shape index (κ3) is 4.28. The number of morpholine rings is 1. The summed E-state index contributed by atoms with van der Waals surface area (Å²) in [5.74, 6) is 0.545. The first-order valence-electron chi connectivity index (χ1n) is 11.6. The Morgan fingerprint density at radius 3 is 2.50 bits per heavy atom. The molecule has 9 nitrogen and oxygen atoms in total. The first-order chi connectivity index (χ1) is 16.5. The summed E-state index contributed by atoms with van der Waals surface area (Å²) in [4.78, 5) is 30.0. The fourth-order valence-corrected chi connectivity index (χ4v) is 4.64. The fourth-order valence-electron chi connectivity index (χ4n) is 4.64. The van der Waals surface area contributed by atoms with Gasteiger partial charge in [-0.3, -0.25) is 14.5 Å². The normalized spacial score (nSPS) is 22.4. The smallest absolute Gasteiger partial charge is 0.295 e. The zero-order valence-corrected chi connectivity index (χ0v) is 19.1. The molecule has 1 atom stereocenters. The van der Waals surface area contributed by atoms with Gasteiger partial charge in [-0.2, -0.15) is 0 Å². The van der Waals surface area contributed by atoms with E-state index in [1.165, 1.54) is 4.90 Å². The minimum Gasteiger partial charge on any atom is -0.507 e. The predicted octanol–water partition coefficient (Wildman–Crippen LogP) is 2.50. The SMILES string of the molecule is Cc1ccc([C@H]2/C(=C(\O)c3ccc4c(c3)OCCO4)C(=O)C(=O)N2CCCN2CCOCC2)o1. The van der Waals surface area contributed by atoms with Gasteiger partial charge in [-0.05, 0) is 43.7 Å². The van der Waals surface area contributed by atoms with Gasteiger partial charge in [0.1, 0.15) is 36.5 Å². The first kappa shape index (κ1) is 22.5. The van der Waals surface area contributed by atoms with Crippen molar-refractivity contribution in [2.75, 3.05) is 52.6 Å². The largest absolute Gasteiger partial charge is 0.507 e. The van der Waals surface area contributed by atoms with Gasteiger partial charge in [-0.15, -0.1) is 0 Å². The van der Waals surface area contributed by atoms with Crippen LogP contribution in [0.15, 0.2) is 40.3 Å². The van der Waals surface area contributed by atoms with Gasteiger partial charge in [0.2, 0.25) is 0 Å². The number of aliphatic hydroxyl groups is 1. The molecule has 5 rings (SSSR count). The maximum Gasteiger partial charge on any atom is 0.295 e. The Balaban J connectivity index is 1.46. The summed E-state index contributed by atoms with van der Waals surface area (Å²) >= 11 is 0.